The van der Waals surface area contributed by atoms with Crippen LogP contribution in [0.3, 0.4) is 0 Å². The number of ether oxygens (including phenoxy) is 1. The van der Waals surface area contributed by atoms with Crippen LogP contribution < -0.4 is 5.73 Å². The summed E-state index contributed by atoms with van der Waals surface area (Å²) in [7, 11) is 0. The number of hydrogen-bond donors (Lipinski definition) is 1. The molecule has 3 nitrogen and oxygen atoms in total. The third-order valence-electron chi connectivity index (χ3n) is 3.11. The Kier molecular flexibility index (Phi) is 5.51. The van der Waals surface area contributed by atoms with Crippen molar-refractivity contribution in [3.63, 3.8) is 0 Å². The third kappa shape index (κ3) is 4.57. The molecule has 1 amide bonds. The molecule has 4 heteroatoms. The van der Waals surface area contributed by atoms with Gasteiger partial charge in [0.2, 0.25) is 0 Å². The second-order valence-electron chi connectivity index (χ2n) is 4.68. The Balaban J connectivity index is 2.08. The van der Waals surface area contributed by atoms with E-state index in [1.165, 1.54) is 4.90 Å². The Morgan fingerprint density at radius 2 is 1.55 bits per heavy atom. The number of thioether (sulfide) groups is 1. The van der Waals surface area contributed by atoms with E-state index in [2.05, 4.69) is 24.0 Å². The maximum atomic E-state index is 10.7. The fourth-order valence-electron chi connectivity index (χ4n) is 1.90. The molecule has 0 radical (unpaired) electrons. The highest BCUT2D eigenvalue weighted by Crippen LogP contribution is 2.17. The quantitative estimate of drug-likeness (QED) is 0.689. The summed E-state index contributed by atoms with van der Waals surface area (Å²) < 4.78 is 4.93. The Labute approximate surface area is 134 Å². The minimum absolute atomic E-state index is 0.362. The smallest absolute Gasteiger partial charge is 0.405 e. The maximum absolute atomic E-state index is 10.7. The molecule has 2 rings (SSSR count). The molecule has 0 aromatic heterocycles. The minimum atomic E-state index is -0.773. The van der Waals surface area contributed by atoms with Gasteiger partial charge in [-0.1, -0.05) is 24.0 Å². The normalized spacial score (nSPS) is 11.2. The van der Waals surface area contributed by atoms with Crippen molar-refractivity contribution in [1.29, 1.82) is 0 Å². The van der Waals surface area contributed by atoms with Gasteiger partial charge in [0.05, 0.1) is 0 Å². The number of carbonyl (C=O) groups excluding carboxylic acids is 1. The largest absolute Gasteiger partial charge is 0.442 e. The van der Waals surface area contributed by atoms with Crippen molar-refractivity contribution in [2.24, 2.45) is 5.73 Å². The van der Waals surface area contributed by atoms with Gasteiger partial charge in [0.1, 0.15) is 6.10 Å². The van der Waals surface area contributed by atoms with E-state index in [-0.39, 0.29) is 6.10 Å². The lowest BCUT2D eigenvalue weighted by molar-refractivity contribution is 0.116. The zero-order chi connectivity index (χ0) is 15.9. The second kappa shape index (κ2) is 7.58. The predicted molar refractivity (Wildman–Crippen MR) is 89.7 cm³/mol. The predicted octanol–water partition coefficient (Wildman–Crippen LogP) is 3.96. The van der Waals surface area contributed by atoms with Crippen LogP contribution in [-0.2, 0) is 4.74 Å². The van der Waals surface area contributed by atoms with Gasteiger partial charge in [-0.3, -0.25) is 0 Å². The van der Waals surface area contributed by atoms with Gasteiger partial charge in [-0.25, -0.2) is 4.79 Å². The number of hydrogen-bond acceptors (Lipinski definition) is 3. The van der Waals surface area contributed by atoms with E-state index in [4.69, 9.17) is 10.5 Å². The molecular formula is C18H17NO2S. The first-order chi connectivity index (χ1) is 10.6. The highest BCUT2D eigenvalue weighted by atomic mass is 32.2. The molecule has 1 atom stereocenters. The van der Waals surface area contributed by atoms with Gasteiger partial charge in [-0.2, -0.15) is 0 Å². The van der Waals surface area contributed by atoms with Crippen molar-refractivity contribution in [3.05, 3.63) is 65.2 Å². The van der Waals surface area contributed by atoms with E-state index < -0.39 is 6.09 Å². The number of amides is 1. The first kappa shape index (κ1) is 16.0. The first-order valence-electron chi connectivity index (χ1n) is 6.80. The fourth-order valence-corrected chi connectivity index (χ4v) is 2.31. The van der Waals surface area contributed by atoms with Crippen LogP contribution in [0, 0.1) is 11.8 Å². The summed E-state index contributed by atoms with van der Waals surface area (Å²) in [6.45, 7) is 1.78. The molecule has 0 saturated heterocycles. The van der Waals surface area contributed by atoms with Crippen LogP contribution in [-0.4, -0.2) is 12.3 Å². The molecule has 2 aromatic carbocycles. The number of benzene rings is 2. The summed E-state index contributed by atoms with van der Waals surface area (Å²) in [4.78, 5) is 12.0. The molecule has 0 fully saturated rings. The molecule has 2 N–H and O–H groups in total. The highest BCUT2D eigenvalue weighted by molar-refractivity contribution is 7.98. The fraction of sp³-hybridized carbons (Fsp3) is 0.167. The van der Waals surface area contributed by atoms with Crippen LogP contribution in [0.4, 0.5) is 4.79 Å². The SMILES string of the molecule is CSc1ccc(C#Cc2ccc([C@H](C)OC(N)=O)cc2)cc1. The third-order valence-corrected chi connectivity index (χ3v) is 3.86. The van der Waals surface area contributed by atoms with Gasteiger partial charge >= 0.3 is 6.09 Å². The Morgan fingerprint density at radius 3 is 2.00 bits per heavy atom. The summed E-state index contributed by atoms with van der Waals surface area (Å²) in [5.41, 5.74) is 7.78. The summed E-state index contributed by atoms with van der Waals surface area (Å²) >= 11 is 1.71. The second-order valence-corrected chi connectivity index (χ2v) is 5.56. The summed E-state index contributed by atoms with van der Waals surface area (Å²) in [5.74, 6) is 6.24. The molecular weight excluding hydrogens is 294 g/mol. The van der Waals surface area contributed by atoms with Gasteiger partial charge < -0.3 is 10.5 Å². The van der Waals surface area contributed by atoms with Crippen LogP contribution in [0.15, 0.2) is 53.4 Å². The minimum Gasteiger partial charge on any atom is -0.442 e. The molecule has 0 aliphatic rings. The van der Waals surface area contributed by atoms with Crippen LogP contribution in [0.1, 0.15) is 29.7 Å². The molecule has 0 bridgehead atoms. The zero-order valence-electron chi connectivity index (χ0n) is 12.5. The standard InChI is InChI=1S/C18H17NO2S/c1-13(21-18(19)20)16-9-5-14(6-10-16)3-4-15-7-11-17(22-2)12-8-15/h5-13H,1-2H3,(H2,19,20)/t13-/m0/s1. The van der Waals surface area contributed by atoms with E-state index >= 15 is 0 Å². The molecule has 112 valence electrons. The number of nitrogens with two attached hydrogens (primary N) is 1. The number of primary amides is 1. The summed E-state index contributed by atoms with van der Waals surface area (Å²) in [6, 6.07) is 15.7. The zero-order valence-corrected chi connectivity index (χ0v) is 13.3. The molecule has 0 unspecified atom stereocenters. The molecule has 0 saturated carbocycles. The summed E-state index contributed by atoms with van der Waals surface area (Å²) in [5, 5.41) is 0. The van der Waals surface area contributed by atoms with Crippen LogP contribution >= 0.6 is 11.8 Å². The lowest BCUT2D eigenvalue weighted by Gasteiger charge is -2.11. The van der Waals surface area contributed by atoms with Crippen LogP contribution in [0.2, 0.25) is 0 Å². The molecule has 0 aliphatic heterocycles. The highest BCUT2D eigenvalue weighted by Gasteiger charge is 2.08. The lowest BCUT2D eigenvalue weighted by Crippen LogP contribution is -2.15. The van der Waals surface area contributed by atoms with Gasteiger partial charge in [0.25, 0.3) is 0 Å². The van der Waals surface area contributed by atoms with Gasteiger partial charge in [0, 0.05) is 16.0 Å². The number of rotatable bonds is 3. The van der Waals surface area contributed by atoms with Crippen molar-refractivity contribution < 1.29 is 9.53 Å². The monoisotopic (exact) mass is 311 g/mol. The number of carbonyl (C=O) groups is 1. The van der Waals surface area contributed by atoms with E-state index in [1.54, 1.807) is 18.7 Å². The van der Waals surface area contributed by atoms with Gasteiger partial charge in [0.15, 0.2) is 0 Å². The molecule has 0 heterocycles. The lowest BCUT2D eigenvalue weighted by atomic mass is 10.1. The van der Waals surface area contributed by atoms with E-state index in [1.807, 2.05) is 42.7 Å². The van der Waals surface area contributed by atoms with Crippen LogP contribution in [0.25, 0.3) is 0 Å². The Morgan fingerprint density at radius 1 is 1.05 bits per heavy atom. The summed E-state index contributed by atoms with van der Waals surface area (Å²) in [6.07, 6.45) is 0.911. The topological polar surface area (TPSA) is 52.3 Å². The van der Waals surface area contributed by atoms with Crippen molar-refractivity contribution >= 4 is 17.9 Å². The Bertz CT molecular complexity index is 697. The van der Waals surface area contributed by atoms with Gasteiger partial charge in [-0.15, -0.1) is 11.8 Å². The molecule has 2 aromatic rings. The van der Waals surface area contributed by atoms with Gasteiger partial charge in [-0.05, 0) is 55.1 Å². The van der Waals surface area contributed by atoms with Crippen molar-refractivity contribution in [3.8, 4) is 11.8 Å². The Hall–Kier alpha value is -2.38. The van der Waals surface area contributed by atoms with Crippen LogP contribution in [0.5, 0.6) is 0 Å². The van der Waals surface area contributed by atoms with E-state index in [9.17, 15) is 4.79 Å². The van der Waals surface area contributed by atoms with Crippen molar-refractivity contribution in [2.45, 2.75) is 17.9 Å². The molecule has 22 heavy (non-hydrogen) atoms. The average molecular weight is 311 g/mol. The molecule has 0 aliphatic carbocycles. The van der Waals surface area contributed by atoms with E-state index in [0.29, 0.717) is 0 Å². The maximum Gasteiger partial charge on any atom is 0.405 e. The average Bonchev–Trinajstić information content (AvgIpc) is 2.53. The molecule has 0 spiro atoms. The van der Waals surface area contributed by atoms with E-state index in [0.717, 1.165) is 16.7 Å². The van der Waals surface area contributed by atoms with Crippen molar-refractivity contribution in [2.75, 3.05) is 6.26 Å². The first-order valence-corrected chi connectivity index (χ1v) is 8.03. The van der Waals surface area contributed by atoms with Crippen molar-refractivity contribution in [1.82, 2.24) is 0 Å².